The van der Waals surface area contributed by atoms with Gasteiger partial charge in [0.25, 0.3) is 0 Å². The van der Waals surface area contributed by atoms with Gasteiger partial charge in [0.2, 0.25) is 10.0 Å². The third kappa shape index (κ3) is 4.65. The highest BCUT2D eigenvalue weighted by atomic mass is 32.2. The van der Waals surface area contributed by atoms with Gasteiger partial charge in [-0.25, -0.2) is 8.42 Å². The molecule has 16 heavy (non-hydrogen) atoms. The molecule has 0 bridgehead atoms. The van der Waals surface area contributed by atoms with Crippen LogP contribution in [0.5, 0.6) is 0 Å². The van der Waals surface area contributed by atoms with Gasteiger partial charge in [0, 0.05) is 5.69 Å². The zero-order valence-electron chi connectivity index (χ0n) is 8.60. The third-order valence-electron chi connectivity index (χ3n) is 1.61. The Hall–Kier alpha value is -1.76. The zero-order valence-corrected chi connectivity index (χ0v) is 9.41. The van der Waals surface area contributed by atoms with E-state index in [4.69, 9.17) is 5.11 Å². The van der Waals surface area contributed by atoms with E-state index in [2.05, 4.69) is 10.0 Å². The van der Waals surface area contributed by atoms with Crippen molar-refractivity contribution in [3.8, 4) is 0 Å². The fourth-order valence-corrected chi connectivity index (χ4v) is 1.64. The van der Waals surface area contributed by atoms with Crippen LogP contribution in [0.3, 0.4) is 0 Å². The Morgan fingerprint density at radius 3 is 2.56 bits per heavy atom. The van der Waals surface area contributed by atoms with E-state index in [0.29, 0.717) is 11.4 Å². The Morgan fingerprint density at radius 2 is 2.00 bits per heavy atom. The molecule has 0 radical (unpaired) electrons. The summed E-state index contributed by atoms with van der Waals surface area (Å²) < 4.78 is 24.2. The smallest absolute Gasteiger partial charge is 0.322 e. The summed E-state index contributed by atoms with van der Waals surface area (Å²) in [5, 5.41) is 11.1. The minimum absolute atomic E-state index is 0.220. The Bertz CT molecular complexity index is 484. The van der Waals surface area contributed by atoms with Crippen molar-refractivity contribution in [3.05, 3.63) is 24.3 Å². The average Bonchev–Trinajstić information content (AvgIpc) is 2.12. The van der Waals surface area contributed by atoms with E-state index >= 15 is 0 Å². The number of rotatable bonds is 5. The standard InChI is InChI=1S/C9H12N2O4S/c1-16(14,15)11-8-4-2-3-7(5-8)10-6-9(12)13/h2-5,10-11H,6H2,1H3,(H,12,13). The quantitative estimate of drug-likeness (QED) is 0.703. The first-order valence-electron chi connectivity index (χ1n) is 4.40. The molecule has 0 saturated heterocycles. The van der Waals surface area contributed by atoms with E-state index in [1.54, 1.807) is 18.2 Å². The van der Waals surface area contributed by atoms with Crippen LogP contribution >= 0.6 is 0 Å². The maximum absolute atomic E-state index is 11.0. The van der Waals surface area contributed by atoms with Crippen molar-refractivity contribution in [2.75, 3.05) is 22.8 Å². The Labute approximate surface area is 93.3 Å². The van der Waals surface area contributed by atoms with E-state index in [1.807, 2.05) is 0 Å². The zero-order chi connectivity index (χ0) is 12.2. The molecule has 0 heterocycles. The number of hydrogen-bond donors (Lipinski definition) is 3. The fourth-order valence-electron chi connectivity index (χ4n) is 1.08. The number of hydrogen-bond acceptors (Lipinski definition) is 4. The summed E-state index contributed by atoms with van der Waals surface area (Å²) >= 11 is 0. The van der Waals surface area contributed by atoms with Crippen LogP contribution in [-0.2, 0) is 14.8 Å². The number of anilines is 2. The molecule has 1 aromatic rings. The van der Waals surface area contributed by atoms with Crippen LogP contribution < -0.4 is 10.0 Å². The minimum Gasteiger partial charge on any atom is -0.480 e. The first-order valence-corrected chi connectivity index (χ1v) is 6.29. The van der Waals surface area contributed by atoms with Crippen LogP contribution in [0.1, 0.15) is 0 Å². The first kappa shape index (κ1) is 12.3. The molecule has 0 amide bonds. The second-order valence-electron chi connectivity index (χ2n) is 3.20. The van der Waals surface area contributed by atoms with Crippen molar-refractivity contribution in [2.24, 2.45) is 0 Å². The minimum atomic E-state index is -3.32. The molecule has 0 aliphatic carbocycles. The number of carboxylic acids is 1. The molecule has 88 valence electrons. The molecule has 0 unspecified atom stereocenters. The highest BCUT2D eigenvalue weighted by Gasteiger charge is 2.02. The van der Waals surface area contributed by atoms with Crippen LogP contribution in [-0.4, -0.2) is 32.3 Å². The van der Waals surface area contributed by atoms with Crippen molar-refractivity contribution in [2.45, 2.75) is 0 Å². The first-order chi connectivity index (χ1) is 7.37. The van der Waals surface area contributed by atoms with Gasteiger partial charge in [-0.15, -0.1) is 0 Å². The van der Waals surface area contributed by atoms with Crippen molar-refractivity contribution in [1.29, 1.82) is 0 Å². The number of nitrogens with one attached hydrogen (secondary N) is 2. The number of sulfonamides is 1. The van der Waals surface area contributed by atoms with Crippen LogP contribution in [0.4, 0.5) is 11.4 Å². The Balaban J connectivity index is 2.75. The third-order valence-corrected chi connectivity index (χ3v) is 2.22. The number of benzene rings is 1. The van der Waals surface area contributed by atoms with Gasteiger partial charge in [0.1, 0.15) is 6.54 Å². The molecule has 0 aliphatic rings. The Morgan fingerprint density at radius 1 is 1.38 bits per heavy atom. The lowest BCUT2D eigenvalue weighted by molar-refractivity contribution is -0.134. The van der Waals surface area contributed by atoms with Gasteiger partial charge in [-0.3, -0.25) is 9.52 Å². The number of carboxylic acid groups (broad SMARTS) is 1. The SMILES string of the molecule is CS(=O)(=O)Nc1cccc(NCC(=O)O)c1. The van der Waals surface area contributed by atoms with Crippen LogP contribution in [0, 0.1) is 0 Å². The fraction of sp³-hybridized carbons (Fsp3) is 0.222. The maximum Gasteiger partial charge on any atom is 0.322 e. The summed E-state index contributed by atoms with van der Waals surface area (Å²) in [4.78, 5) is 10.3. The normalized spacial score (nSPS) is 10.8. The molecular weight excluding hydrogens is 232 g/mol. The summed E-state index contributed by atoms with van der Waals surface area (Å²) in [6.07, 6.45) is 1.05. The summed E-state index contributed by atoms with van der Waals surface area (Å²) in [6, 6.07) is 6.37. The molecule has 1 aromatic carbocycles. The van der Waals surface area contributed by atoms with Gasteiger partial charge >= 0.3 is 5.97 Å². The lowest BCUT2D eigenvalue weighted by Gasteiger charge is -2.07. The van der Waals surface area contributed by atoms with Gasteiger partial charge < -0.3 is 10.4 Å². The molecule has 0 aliphatic heterocycles. The largest absolute Gasteiger partial charge is 0.480 e. The van der Waals surface area contributed by atoms with E-state index in [-0.39, 0.29) is 6.54 Å². The number of carbonyl (C=O) groups is 1. The van der Waals surface area contributed by atoms with Crippen molar-refractivity contribution < 1.29 is 18.3 Å². The lowest BCUT2D eigenvalue weighted by Crippen LogP contribution is -2.13. The number of aliphatic carboxylic acids is 1. The summed E-state index contributed by atoms with van der Waals surface area (Å²) in [5.41, 5.74) is 0.925. The van der Waals surface area contributed by atoms with E-state index in [9.17, 15) is 13.2 Å². The van der Waals surface area contributed by atoms with E-state index < -0.39 is 16.0 Å². The van der Waals surface area contributed by atoms with Crippen molar-refractivity contribution in [1.82, 2.24) is 0 Å². The average molecular weight is 244 g/mol. The van der Waals surface area contributed by atoms with Crippen LogP contribution in [0.25, 0.3) is 0 Å². The monoisotopic (exact) mass is 244 g/mol. The van der Waals surface area contributed by atoms with Crippen LogP contribution in [0.2, 0.25) is 0 Å². The molecule has 0 fully saturated rings. The molecule has 0 aromatic heterocycles. The van der Waals surface area contributed by atoms with Gasteiger partial charge in [0.05, 0.1) is 11.9 Å². The van der Waals surface area contributed by atoms with Crippen molar-refractivity contribution >= 4 is 27.4 Å². The van der Waals surface area contributed by atoms with Crippen LogP contribution in [0.15, 0.2) is 24.3 Å². The van der Waals surface area contributed by atoms with Crippen molar-refractivity contribution in [3.63, 3.8) is 0 Å². The second-order valence-corrected chi connectivity index (χ2v) is 4.95. The topological polar surface area (TPSA) is 95.5 Å². The maximum atomic E-state index is 11.0. The summed E-state index contributed by atoms with van der Waals surface area (Å²) in [6.45, 7) is -0.220. The Kier molecular flexibility index (Phi) is 3.73. The molecule has 1 rings (SSSR count). The molecule has 0 saturated carbocycles. The van der Waals surface area contributed by atoms with E-state index in [1.165, 1.54) is 6.07 Å². The highest BCUT2D eigenvalue weighted by molar-refractivity contribution is 7.92. The summed E-state index contributed by atoms with van der Waals surface area (Å²) in [7, 11) is -3.32. The molecule has 0 atom stereocenters. The molecule has 3 N–H and O–H groups in total. The predicted octanol–water partition coefficient (Wildman–Crippen LogP) is 0.555. The molecule has 0 spiro atoms. The molecular formula is C9H12N2O4S. The van der Waals surface area contributed by atoms with Gasteiger partial charge in [-0.05, 0) is 18.2 Å². The summed E-state index contributed by atoms with van der Waals surface area (Å²) in [5.74, 6) is -0.985. The van der Waals surface area contributed by atoms with Gasteiger partial charge in [0.15, 0.2) is 0 Å². The molecule has 7 heteroatoms. The molecule has 6 nitrogen and oxygen atoms in total. The predicted molar refractivity (Wildman–Crippen MR) is 61.0 cm³/mol. The lowest BCUT2D eigenvalue weighted by atomic mass is 10.3. The van der Waals surface area contributed by atoms with E-state index in [0.717, 1.165) is 6.26 Å². The van der Waals surface area contributed by atoms with Gasteiger partial charge in [-0.2, -0.15) is 0 Å². The highest BCUT2D eigenvalue weighted by Crippen LogP contribution is 2.15. The second kappa shape index (κ2) is 4.84. The van der Waals surface area contributed by atoms with Gasteiger partial charge in [-0.1, -0.05) is 6.07 Å².